The Hall–Kier alpha value is -2.31. The fourth-order valence-electron chi connectivity index (χ4n) is 1.83. The van der Waals surface area contributed by atoms with Crippen LogP contribution in [0.4, 0.5) is 20.6 Å². The van der Waals surface area contributed by atoms with Crippen LogP contribution in [0.1, 0.15) is 13.3 Å². The third-order valence-corrected chi connectivity index (χ3v) is 2.96. The van der Waals surface area contributed by atoms with Crippen LogP contribution in [-0.4, -0.2) is 29.9 Å². The molecule has 8 heteroatoms. The maximum Gasteiger partial charge on any atom is 0.416 e. The molecule has 1 N–H and O–H groups in total. The molecular formula is C13H12FN3O3S. The molecule has 0 aromatic heterocycles. The number of carbonyl (C=O) groups is 2. The largest absolute Gasteiger partial charge is 0.423 e. The molecule has 1 unspecified atom stereocenters. The minimum atomic E-state index is -0.744. The van der Waals surface area contributed by atoms with Crippen LogP contribution in [0.3, 0.4) is 0 Å². The van der Waals surface area contributed by atoms with Crippen molar-refractivity contribution in [3.8, 4) is 0 Å². The van der Waals surface area contributed by atoms with Crippen molar-refractivity contribution in [2.45, 2.75) is 19.6 Å². The van der Waals surface area contributed by atoms with E-state index in [4.69, 9.17) is 4.74 Å². The lowest BCUT2D eigenvalue weighted by Crippen LogP contribution is -2.37. The number of thiocarbonyl (C=S) groups is 1. The summed E-state index contributed by atoms with van der Waals surface area (Å²) in [4.78, 5) is 27.8. The van der Waals surface area contributed by atoms with E-state index in [2.05, 4.69) is 27.7 Å². The van der Waals surface area contributed by atoms with Gasteiger partial charge in [-0.1, -0.05) is 6.92 Å². The van der Waals surface area contributed by atoms with Crippen LogP contribution in [0.2, 0.25) is 0 Å². The summed E-state index contributed by atoms with van der Waals surface area (Å²) in [5.74, 6) is -0.856. The van der Waals surface area contributed by atoms with E-state index in [1.165, 1.54) is 17.0 Å². The standard InChI is InChI=1S/C13H12FN3O3S/c1-2-11(18)16-12-6-17(13(19)20-12)8-3-4-10(15-7-21)9(14)5-8/h3-5,12H,2,6H2,1H3,(H,16,18). The fourth-order valence-corrected chi connectivity index (χ4v) is 1.93. The van der Waals surface area contributed by atoms with E-state index in [-0.39, 0.29) is 24.6 Å². The minimum absolute atomic E-state index is 0.0390. The number of nitrogens with one attached hydrogen (secondary N) is 1. The van der Waals surface area contributed by atoms with Crippen LogP contribution in [0.25, 0.3) is 0 Å². The Labute approximate surface area is 125 Å². The summed E-state index contributed by atoms with van der Waals surface area (Å²) in [5, 5.41) is 4.62. The van der Waals surface area contributed by atoms with Crippen LogP contribution in [0.5, 0.6) is 0 Å². The summed E-state index contributed by atoms with van der Waals surface area (Å²) in [6.45, 7) is 1.80. The highest BCUT2D eigenvalue weighted by molar-refractivity contribution is 7.78. The number of benzene rings is 1. The van der Waals surface area contributed by atoms with Crippen LogP contribution in [-0.2, 0) is 9.53 Å². The van der Waals surface area contributed by atoms with E-state index in [1.54, 1.807) is 6.92 Å². The fraction of sp³-hybridized carbons (Fsp3) is 0.308. The second kappa shape index (κ2) is 6.43. The van der Waals surface area contributed by atoms with Crippen LogP contribution < -0.4 is 10.2 Å². The van der Waals surface area contributed by atoms with Crippen molar-refractivity contribution >= 4 is 40.8 Å². The first-order valence-corrected chi connectivity index (χ1v) is 6.61. The van der Waals surface area contributed by atoms with E-state index >= 15 is 0 Å². The van der Waals surface area contributed by atoms with E-state index in [0.717, 1.165) is 6.07 Å². The van der Waals surface area contributed by atoms with Crippen LogP contribution in [0.15, 0.2) is 23.2 Å². The van der Waals surface area contributed by atoms with Gasteiger partial charge in [0.2, 0.25) is 5.91 Å². The Morgan fingerprint density at radius 1 is 1.67 bits per heavy atom. The van der Waals surface area contributed by atoms with Gasteiger partial charge in [-0.05, 0) is 24.4 Å². The van der Waals surface area contributed by atoms with Gasteiger partial charge in [0.15, 0.2) is 12.0 Å². The molecular weight excluding hydrogens is 297 g/mol. The quantitative estimate of drug-likeness (QED) is 0.684. The summed E-state index contributed by atoms with van der Waals surface area (Å²) >= 11 is 4.41. The summed E-state index contributed by atoms with van der Waals surface area (Å²) in [6.07, 6.45) is -1.11. The number of isothiocyanates is 1. The van der Waals surface area contributed by atoms with Gasteiger partial charge in [-0.3, -0.25) is 9.69 Å². The van der Waals surface area contributed by atoms with Gasteiger partial charge in [0.05, 0.1) is 17.4 Å². The zero-order chi connectivity index (χ0) is 15.4. The average Bonchev–Trinajstić information content (AvgIpc) is 2.81. The smallest absolute Gasteiger partial charge is 0.416 e. The number of ether oxygens (including phenoxy) is 1. The molecule has 0 saturated carbocycles. The number of nitrogens with zero attached hydrogens (tertiary/aromatic N) is 2. The SMILES string of the molecule is CCC(=O)NC1CN(c2ccc(N=C=S)c(F)c2)C(=O)O1. The molecule has 21 heavy (non-hydrogen) atoms. The van der Waals surface area contributed by atoms with Crippen molar-refractivity contribution in [1.29, 1.82) is 0 Å². The lowest BCUT2D eigenvalue weighted by Gasteiger charge is -2.13. The molecule has 2 amide bonds. The number of halogens is 1. The molecule has 0 radical (unpaired) electrons. The highest BCUT2D eigenvalue weighted by Crippen LogP contribution is 2.26. The van der Waals surface area contributed by atoms with Gasteiger partial charge in [-0.25, -0.2) is 9.18 Å². The van der Waals surface area contributed by atoms with Crippen molar-refractivity contribution in [1.82, 2.24) is 5.32 Å². The molecule has 1 aliphatic rings. The lowest BCUT2D eigenvalue weighted by molar-refractivity contribution is -0.123. The lowest BCUT2D eigenvalue weighted by atomic mass is 10.2. The van der Waals surface area contributed by atoms with Gasteiger partial charge in [0, 0.05) is 12.5 Å². The maximum atomic E-state index is 13.8. The normalized spacial score (nSPS) is 17.1. The van der Waals surface area contributed by atoms with Gasteiger partial charge in [0.1, 0.15) is 5.69 Å². The summed E-state index contributed by atoms with van der Waals surface area (Å²) in [5.41, 5.74) is 0.353. The van der Waals surface area contributed by atoms with Gasteiger partial charge in [-0.15, -0.1) is 0 Å². The number of anilines is 1. The number of amides is 2. The van der Waals surface area contributed by atoms with Crippen LogP contribution >= 0.6 is 12.2 Å². The van der Waals surface area contributed by atoms with Crippen molar-refractivity contribution in [3.05, 3.63) is 24.0 Å². The number of hydrogen-bond acceptors (Lipinski definition) is 5. The number of aliphatic imine (C=N–C) groups is 1. The minimum Gasteiger partial charge on any atom is -0.423 e. The van der Waals surface area contributed by atoms with Gasteiger partial charge in [-0.2, -0.15) is 4.99 Å². The number of hydrogen-bond donors (Lipinski definition) is 1. The molecule has 2 rings (SSSR count). The molecule has 110 valence electrons. The first-order valence-electron chi connectivity index (χ1n) is 6.20. The first kappa shape index (κ1) is 15.1. The zero-order valence-corrected chi connectivity index (χ0v) is 11.9. The van der Waals surface area contributed by atoms with E-state index in [9.17, 15) is 14.0 Å². The van der Waals surface area contributed by atoms with Crippen LogP contribution in [0, 0.1) is 5.82 Å². The van der Waals surface area contributed by atoms with E-state index in [1.807, 2.05) is 0 Å². The predicted octanol–water partition coefficient (Wildman–Crippen LogP) is 2.37. The second-order valence-electron chi connectivity index (χ2n) is 4.24. The van der Waals surface area contributed by atoms with Crippen molar-refractivity contribution < 1.29 is 18.7 Å². The Bertz CT molecular complexity index is 631. The molecule has 1 aromatic carbocycles. The molecule has 0 spiro atoms. The Morgan fingerprint density at radius 3 is 3.05 bits per heavy atom. The average molecular weight is 309 g/mol. The Balaban J connectivity index is 2.15. The number of cyclic esters (lactones) is 1. The number of rotatable bonds is 4. The highest BCUT2D eigenvalue weighted by atomic mass is 32.1. The van der Waals surface area contributed by atoms with Crippen molar-refractivity contribution in [2.75, 3.05) is 11.4 Å². The molecule has 0 aliphatic carbocycles. The molecule has 1 fully saturated rings. The zero-order valence-electron chi connectivity index (χ0n) is 11.1. The molecule has 1 aromatic rings. The third kappa shape index (κ3) is 3.42. The third-order valence-electron chi connectivity index (χ3n) is 2.86. The summed E-state index contributed by atoms with van der Waals surface area (Å²) in [6, 6.07) is 4.05. The maximum absolute atomic E-state index is 13.8. The van der Waals surface area contributed by atoms with E-state index in [0.29, 0.717) is 5.69 Å². The van der Waals surface area contributed by atoms with Gasteiger partial charge >= 0.3 is 6.09 Å². The second-order valence-corrected chi connectivity index (χ2v) is 4.43. The molecule has 0 bridgehead atoms. The summed E-state index contributed by atoms with van der Waals surface area (Å²) in [7, 11) is 0. The highest BCUT2D eigenvalue weighted by Gasteiger charge is 2.33. The van der Waals surface area contributed by atoms with E-state index < -0.39 is 18.1 Å². The predicted molar refractivity (Wildman–Crippen MR) is 77.1 cm³/mol. The molecule has 6 nitrogen and oxygen atoms in total. The Morgan fingerprint density at radius 2 is 2.43 bits per heavy atom. The topological polar surface area (TPSA) is 71.0 Å². The monoisotopic (exact) mass is 309 g/mol. The molecule has 1 aliphatic heterocycles. The number of carbonyl (C=O) groups excluding carboxylic acids is 2. The first-order chi connectivity index (χ1) is 10.0. The van der Waals surface area contributed by atoms with Crippen molar-refractivity contribution in [2.24, 2.45) is 4.99 Å². The molecule has 1 atom stereocenters. The van der Waals surface area contributed by atoms with Gasteiger partial charge < -0.3 is 10.1 Å². The van der Waals surface area contributed by atoms with Crippen molar-refractivity contribution in [3.63, 3.8) is 0 Å². The van der Waals surface area contributed by atoms with Gasteiger partial charge in [0.25, 0.3) is 0 Å². The molecule has 1 saturated heterocycles. The Kier molecular flexibility index (Phi) is 4.62. The summed E-state index contributed by atoms with van der Waals surface area (Å²) < 4.78 is 18.7. The molecule has 1 heterocycles.